The monoisotopic (exact) mass is 356 g/mol. The van der Waals surface area contributed by atoms with Gasteiger partial charge in [0.25, 0.3) is 0 Å². The van der Waals surface area contributed by atoms with E-state index in [2.05, 4.69) is 10.6 Å². The van der Waals surface area contributed by atoms with Crippen LogP contribution >= 0.6 is 0 Å². The quantitative estimate of drug-likeness (QED) is 0.757. The second-order valence-electron chi connectivity index (χ2n) is 5.63. The maximum atomic E-state index is 12.3. The Morgan fingerprint density at radius 1 is 0.846 bits per heavy atom. The minimum absolute atomic E-state index is 0.135. The van der Waals surface area contributed by atoms with E-state index in [1.165, 1.54) is 6.92 Å². The lowest BCUT2D eigenvalue weighted by Gasteiger charge is -2.12. The maximum Gasteiger partial charge on any atom is 0.228 e. The normalized spacial score (nSPS) is 10.1. The molecule has 6 heteroatoms. The van der Waals surface area contributed by atoms with Gasteiger partial charge in [-0.3, -0.25) is 9.59 Å². The van der Waals surface area contributed by atoms with Crippen LogP contribution in [0.15, 0.2) is 42.5 Å². The molecule has 0 aliphatic heterocycles. The highest BCUT2D eigenvalue weighted by molar-refractivity contribution is 5.93. The van der Waals surface area contributed by atoms with Crippen LogP contribution in [-0.2, 0) is 16.0 Å². The van der Waals surface area contributed by atoms with Crippen molar-refractivity contribution >= 4 is 23.2 Å². The van der Waals surface area contributed by atoms with E-state index in [9.17, 15) is 9.59 Å². The highest BCUT2D eigenvalue weighted by Gasteiger charge is 2.10. The second-order valence-corrected chi connectivity index (χ2v) is 5.63. The minimum atomic E-state index is -0.137. The van der Waals surface area contributed by atoms with Crippen molar-refractivity contribution in [2.24, 2.45) is 0 Å². The number of ether oxygens (including phenoxy) is 2. The number of hydrogen-bond donors (Lipinski definition) is 2. The van der Waals surface area contributed by atoms with E-state index in [-0.39, 0.29) is 18.2 Å². The summed E-state index contributed by atoms with van der Waals surface area (Å²) < 4.78 is 11.1. The first-order valence-electron chi connectivity index (χ1n) is 8.57. The Kier molecular flexibility index (Phi) is 7.02. The summed E-state index contributed by atoms with van der Waals surface area (Å²) in [4.78, 5) is 23.3. The summed E-state index contributed by atoms with van der Waals surface area (Å²) in [6.07, 6.45) is 0.222. The zero-order valence-corrected chi connectivity index (χ0v) is 15.3. The van der Waals surface area contributed by atoms with Crippen LogP contribution in [0.5, 0.6) is 11.5 Å². The van der Waals surface area contributed by atoms with Crippen molar-refractivity contribution in [3.8, 4) is 11.5 Å². The van der Waals surface area contributed by atoms with Crippen molar-refractivity contribution in [1.29, 1.82) is 0 Å². The van der Waals surface area contributed by atoms with Gasteiger partial charge in [0, 0.05) is 18.3 Å². The standard InChI is InChI=1S/C20H24N2O4/c1-4-25-18-11-6-15(12-19(18)26-5-2)13-20(24)22-17-9-7-16(8-10-17)21-14(3)23/h6-12H,4-5,13H2,1-3H3,(H,21,23)(H,22,24). The Hall–Kier alpha value is -3.02. The number of benzene rings is 2. The average molecular weight is 356 g/mol. The number of carbonyl (C=O) groups is 2. The van der Waals surface area contributed by atoms with E-state index in [1.807, 2.05) is 32.0 Å². The highest BCUT2D eigenvalue weighted by atomic mass is 16.5. The molecule has 6 nitrogen and oxygen atoms in total. The number of anilines is 2. The van der Waals surface area contributed by atoms with Crippen molar-refractivity contribution in [2.45, 2.75) is 27.2 Å². The number of amides is 2. The van der Waals surface area contributed by atoms with Crippen molar-refractivity contribution in [3.05, 3.63) is 48.0 Å². The fourth-order valence-electron chi connectivity index (χ4n) is 2.44. The Morgan fingerprint density at radius 2 is 1.42 bits per heavy atom. The minimum Gasteiger partial charge on any atom is -0.490 e. The molecule has 0 heterocycles. The van der Waals surface area contributed by atoms with Crippen LogP contribution in [0.25, 0.3) is 0 Å². The van der Waals surface area contributed by atoms with Crippen LogP contribution < -0.4 is 20.1 Å². The molecule has 0 atom stereocenters. The summed E-state index contributed by atoms with van der Waals surface area (Å²) in [7, 11) is 0. The Balaban J connectivity index is 2.00. The van der Waals surface area contributed by atoms with E-state index in [0.717, 1.165) is 5.56 Å². The molecule has 2 aromatic carbocycles. The van der Waals surface area contributed by atoms with Gasteiger partial charge < -0.3 is 20.1 Å². The zero-order valence-electron chi connectivity index (χ0n) is 15.3. The maximum absolute atomic E-state index is 12.3. The van der Waals surface area contributed by atoms with Gasteiger partial charge in [-0.05, 0) is 55.8 Å². The second kappa shape index (κ2) is 9.46. The largest absolute Gasteiger partial charge is 0.490 e. The van der Waals surface area contributed by atoms with Crippen molar-refractivity contribution in [2.75, 3.05) is 23.8 Å². The van der Waals surface area contributed by atoms with E-state index in [4.69, 9.17) is 9.47 Å². The summed E-state index contributed by atoms with van der Waals surface area (Å²) in [6, 6.07) is 12.5. The Bertz CT molecular complexity index is 757. The van der Waals surface area contributed by atoms with Crippen LogP contribution in [0.4, 0.5) is 11.4 Å². The van der Waals surface area contributed by atoms with Gasteiger partial charge in [0.2, 0.25) is 11.8 Å². The molecular weight excluding hydrogens is 332 g/mol. The number of carbonyl (C=O) groups excluding carboxylic acids is 2. The average Bonchev–Trinajstić information content (AvgIpc) is 2.59. The predicted octanol–water partition coefficient (Wildman–Crippen LogP) is 3.62. The van der Waals surface area contributed by atoms with Gasteiger partial charge in [0.1, 0.15) is 0 Å². The third kappa shape index (κ3) is 5.81. The summed E-state index contributed by atoms with van der Waals surface area (Å²) in [5, 5.41) is 5.52. The molecule has 26 heavy (non-hydrogen) atoms. The first-order valence-corrected chi connectivity index (χ1v) is 8.57. The Labute approximate surface area is 153 Å². The molecule has 0 aliphatic carbocycles. The van der Waals surface area contributed by atoms with Gasteiger partial charge in [0.15, 0.2) is 11.5 Å². The van der Waals surface area contributed by atoms with Crippen LogP contribution in [0.2, 0.25) is 0 Å². The molecule has 0 aliphatic rings. The third-order valence-corrected chi connectivity index (χ3v) is 3.46. The van der Waals surface area contributed by atoms with E-state index >= 15 is 0 Å². The molecular formula is C20H24N2O4. The third-order valence-electron chi connectivity index (χ3n) is 3.46. The lowest BCUT2D eigenvalue weighted by atomic mass is 10.1. The molecule has 0 saturated heterocycles. The zero-order chi connectivity index (χ0) is 18.9. The summed E-state index contributed by atoms with van der Waals surface area (Å²) in [6.45, 7) is 6.34. The SMILES string of the molecule is CCOc1ccc(CC(=O)Nc2ccc(NC(C)=O)cc2)cc1OCC. The van der Waals surface area contributed by atoms with Crippen LogP contribution in [0.1, 0.15) is 26.3 Å². The molecule has 0 saturated carbocycles. The molecule has 2 amide bonds. The first kappa shape index (κ1) is 19.3. The molecule has 0 bridgehead atoms. The fourth-order valence-corrected chi connectivity index (χ4v) is 2.44. The van der Waals surface area contributed by atoms with E-state index in [1.54, 1.807) is 24.3 Å². The molecule has 2 aromatic rings. The van der Waals surface area contributed by atoms with Gasteiger partial charge in [0.05, 0.1) is 19.6 Å². The number of rotatable bonds is 8. The fraction of sp³-hybridized carbons (Fsp3) is 0.300. The molecule has 0 spiro atoms. The van der Waals surface area contributed by atoms with E-state index in [0.29, 0.717) is 36.1 Å². The molecule has 138 valence electrons. The molecule has 0 radical (unpaired) electrons. The summed E-state index contributed by atoms with van der Waals surface area (Å²) in [5.41, 5.74) is 2.19. The lowest BCUT2D eigenvalue weighted by Crippen LogP contribution is -2.14. The molecule has 2 rings (SSSR count). The summed E-state index contributed by atoms with van der Waals surface area (Å²) in [5.74, 6) is 1.04. The smallest absolute Gasteiger partial charge is 0.228 e. The van der Waals surface area contributed by atoms with Crippen molar-refractivity contribution in [3.63, 3.8) is 0 Å². The van der Waals surface area contributed by atoms with Gasteiger partial charge in [-0.2, -0.15) is 0 Å². The van der Waals surface area contributed by atoms with Crippen molar-refractivity contribution < 1.29 is 19.1 Å². The highest BCUT2D eigenvalue weighted by Crippen LogP contribution is 2.28. The molecule has 2 N–H and O–H groups in total. The molecule has 0 unspecified atom stereocenters. The number of nitrogens with one attached hydrogen (secondary N) is 2. The lowest BCUT2D eigenvalue weighted by molar-refractivity contribution is -0.116. The predicted molar refractivity (Wildman–Crippen MR) is 102 cm³/mol. The van der Waals surface area contributed by atoms with Gasteiger partial charge >= 0.3 is 0 Å². The van der Waals surface area contributed by atoms with Gasteiger partial charge in [-0.15, -0.1) is 0 Å². The van der Waals surface area contributed by atoms with Gasteiger partial charge in [-0.25, -0.2) is 0 Å². The molecule has 0 aromatic heterocycles. The summed E-state index contributed by atoms with van der Waals surface area (Å²) >= 11 is 0. The van der Waals surface area contributed by atoms with E-state index < -0.39 is 0 Å². The Morgan fingerprint density at radius 3 is 2.00 bits per heavy atom. The first-order chi connectivity index (χ1) is 12.5. The van der Waals surface area contributed by atoms with Gasteiger partial charge in [-0.1, -0.05) is 6.07 Å². The van der Waals surface area contributed by atoms with Crippen LogP contribution in [-0.4, -0.2) is 25.0 Å². The van der Waals surface area contributed by atoms with Crippen LogP contribution in [0, 0.1) is 0 Å². The molecule has 0 fully saturated rings. The topological polar surface area (TPSA) is 76.7 Å². The number of hydrogen-bond acceptors (Lipinski definition) is 4. The van der Waals surface area contributed by atoms with Crippen LogP contribution in [0.3, 0.4) is 0 Å². The van der Waals surface area contributed by atoms with Crippen molar-refractivity contribution in [1.82, 2.24) is 0 Å².